The van der Waals surface area contributed by atoms with Crippen LogP contribution in [0, 0.1) is 12.7 Å². The van der Waals surface area contributed by atoms with Gasteiger partial charge in [0.25, 0.3) is 0 Å². The molecule has 1 aliphatic heterocycles. The molecule has 0 amide bonds. The maximum absolute atomic E-state index is 14.3. The molecule has 3 aromatic heterocycles. The molecule has 5 rings (SSSR count). The number of aromatic nitrogens is 3. The molecule has 0 bridgehead atoms. The van der Waals surface area contributed by atoms with E-state index in [1.807, 2.05) is 18.2 Å². The average Bonchev–Trinajstić information content (AvgIpc) is 3.29. The number of hydrogen-bond donors (Lipinski definition) is 2. The molecule has 0 atom stereocenters. The van der Waals surface area contributed by atoms with Gasteiger partial charge in [0.2, 0.25) is 0 Å². The fourth-order valence-corrected chi connectivity index (χ4v) is 5.46. The molecule has 0 aliphatic carbocycles. The predicted molar refractivity (Wildman–Crippen MR) is 122 cm³/mol. The quantitative estimate of drug-likeness (QED) is 0.357. The Morgan fingerprint density at radius 2 is 1.94 bits per heavy atom. The number of rotatable bonds is 5. The summed E-state index contributed by atoms with van der Waals surface area (Å²) in [6, 6.07) is 7.57. The van der Waals surface area contributed by atoms with Crippen molar-refractivity contribution in [3.05, 3.63) is 52.5 Å². The third-order valence-corrected chi connectivity index (χ3v) is 7.10. The van der Waals surface area contributed by atoms with Crippen molar-refractivity contribution in [3.8, 4) is 0 Å². The topological polar surface area (TPSA) is 56.8 Å². The van der Waals surface area contributed by atoms with Crippen LogP contribution in [0.4, 0.5) is 23.4 Å². The molecule has 0 radical (unpaired) electrons. The Hall–Kier alpha value is -2.72. The first kappa shape index (κ1) is 22.1. The number of aromatic amines is 1. The molecule has 1 aliphatic rings. The Balaban J connectivity index is 1.22. The summed E-state index contributed by atoms with van der Waals surface area (Å²) in [5.74, 6) is 0.393. The van der Waals surface area contributed by atoms with Gasteiger partial charge in [0.15, 0.2) is 5.82 Å². The zero-order valence-electron chi connectivity index (χ0n) is 18.0. The average molecular weight is 478 g/mol. The summed E-state index contributed by atoms with van der Waals surface area (Å²) in [6.45, 7) is 4.20. The molecule has 2 N–H and O–H groups in total. The maximum Gasteiger partial charge on any atom is 0.393 e. The van der Waals surface area contributed by atoms with E-state index in [9.17, 15) is 17.6 Å². The first-order chi connectivity index (χ1) is 15.7. The van der Waals surface area contributed by atoms with E-state index in [4.69, 9.17) is 0 Å². The van der Waals surface area contributed by atoms with E-state index in [-0.39, 0.29) is 16.7 Å². The summed E-state index contributed by atoms with van der Waals surface area (Å²) in [5.41, 5.74) is 2.42. The molecule has 1 saturated heterocycles. The number of piperidine rings is 1. The number of hydrogen-bond acceptors (Lipinski definition) is 5. The highest BCUT2D eigenvalue weighted by atomic mass is 32.1. The number of fused-ring (bicyclic) bond motifs is 2. The zero-order chi connectivity index (χ0) is 23.2. The van der Waals surface area contributed by atoms with Crippen molar-refractivity contribution < 1.29 is 17.6 Å². The lowest BCUT2D eigenvalue weighted by atomic mass is 10.0. The van der Waals surface area contributed by atoms with Crippen molar-refractivity contribution in [2.45, 2.75) is 44.9 Å². The highest BCUT2D eigenvalue weighted by Gasteiger charge is 2.29. The number of nitrogens with zero attached hydrogens (tertiary/aromatic N) is 3. The van der Waals surface area contributed by atoms with Gasteiger partial charge in [0.1, 0.15) is 17.0 Å². The van der Waals surface area contributed by atoms with Crippen LogP contribution in [0.25, 0.3) is 21.1 Å². The second-order valence-corrected chi connectivity index (χ2v) is 9.70. The lowest BCUT2D eigenvalue weighted by Crippen LogP contribution is -2.38. The van der Waals surface area contributed by atoms with Crippen LogP contribution in [0.15, 0.2) is 30.6 Å². The van der Waals surface area contributed by atoms with Crippen molar-refractivity contribution in [2.75, 3.05) is 18.4 Å². The fourth-order valence-electron chi connectivity index (χ4n) is 4.43. The minimum atomic E-state index is -4.25. The molecule has 4 aromatic rings. The van der Waals surface area contributed by atoms with Gasteiger partial charge in [-0.2, -0.15) is 13.2 Å². The van der Waals surface area contributed by atoms with Gasteiger partial charge in [-0.25, -0.2) is 14.4 Å². The summed E-state index contributed by atoms with van der Waals surface area (Å²) < 4.78 is 52.5. The molecule has 4 heterocycles. The van der Waals surface area contributed by atoms with E-state index >= 15 is 0 Å². The summed E-state index contributed by atoms with van der Waals surface area (Å²) in [4.78, 5) is 14.6. The van der Waals surface area contributed by atoms with Gasteiger partial charge in [0, 0.05) is 47.2 Å². The molecule has 0 unspecified atom stereocenters. The molecule has 1 aromatic carbocycles. The fraction of sp³-hybridized carbons (Fsp3) is 0.391. The van der Waals surface area contributed by atoms with Crippen molar-refractivity contribution in [3.63, 3.8) is 0 Å². The summed E-state index contributed by atoms with van der Waals surface area (Å²) >= 11 is 1.06. The first-order valence-electron chi connectivity index (χ1n) is 10.8. The second kappa shape index (κ2) is 8.57. The number of nitrogens with one attached hydrogen (secondary N) is 2. The lowest BCUT2D eigenvalue weighted by molar-refractivity contribution is -0.126. The monoisotopic (exact) mass is 477 g/mol. The van der Waals surface area contributed by atoms with Gasteiger partial charge in [-0.05, 0) is 43.5 Å². The molecule has 174 valence electrons. The molecular weight excluding hydrogens is 454 g/mol. The van der Waals surface area contributed by atoms with Crippen LogP contribution in [-0.2, 0) is 13.0 Å². The number of thiophene rings is 1. The predicted octanol–water partition coefficient (Wildman–Crippen LogP) is 5.80. The number of anilines is 1. The van der Waals surface area contributed by atoms with Crippen LogP contribution in [0.1, 0.15) is 29.0 Å². The Bertz CT molecular complexity index is 1290. The summed E-state index contributed by atoms with van der Waals surface area (Å²) in [6.07, 6.45) is -2.05. The van der Waals surface area contributed by atoms with Gasteiger partial charge in [-0.15, -0.1) is 11.3 Å². The highest BCUT2D eigenvalue weighted by molar-refractivity contribution is 7.18. The van der Waals surface area contributed by atoms with Gasteiger partial charge in [0.05, 0.1) is 11.8 Å². The number of aryl methyl sites for hydroxylation is 1. The van der Waals surface area contributed by atoms with E-state index in [0.29, 0.717) is 27.1 Å². The third kappa shape index (κ3) is 4.81. The lowest BCUT2D eigenvalue weighted by Gasteiger charge is -2.32. The molecule has 33 heavy (non-hydrogen) atoms. The highest BCUT2D eigenvalue weighted by Crippen LogP contribution is 2.33. The van der Waals surface area contributed by atoms with Crippen LogP contribution in [-0.4, -0.2) is 45.2 Å². The van der Waals surface area contributed by atoms with E-state index in [1.54, 1.807) is 13.0 Å². The molecule has 5 nitrogen and oxygen atoms in total. The maximum atomic E-state index is 14.3. The SMILES string of the molecule is Cc1[nH]c2ccc(CN3CCC(Nc4ncnc5sc(CC(F)(F)F)cc45)CC3)cc2c1F. The first-order valence-corrected chi connectivity index (χ1v) is 11.6. The Kier molecular flexibility index (Phi) is 5.74. The number of alkyl halides is 3. The van der Waals surface area contributed by atoms with Crippen LogP contribution >= 0.6 is 11.3 Å². The standard InChI is InChI=1S/C23H23F4N5S/c1-13-20(24)17-8-14(2-3-19(17)30-13)11-32-6-4-15(5-7-32)31-21-18-9-16(10-23(25,26)27)33-22(18)29-12-28-21/h2-3,8-9,12,15,30H,4-7,10-11H2,1H3,(H,28,29,31). The van der Waals surface area contributed by atoms with Gasteiger partial charge in [-0.3, -0.25) is 4.90 Å². The van der Waals surface area contributed by atoms with Gasteiger partial charge >= 0.3 is 6.18 Å². The van der Waals surface area contributed by atoms with Crippen LogP contribution in [0.5, 0.6) is 0 Å². The van der Waals surface area contributed by atoms with Crippen LogP contribution in [0.2, 0.25) is 0 Å². The van der Waals surface area contributed by atoms with E-state index in [0.717, 1.165) is 54.9 Å². The van der Waals surface area contributed by atoms with E-state index < -0.39 is 12.6 Å². The van der Waals surface area contributed by atoms with Crippen LogP contribution < -0.4 is 5.32 Å². The minimum absolute atomic E-state index is 0.178. The van der Waals surface area contributed by atoms with E-state index in [1.165, 1.54) is 6.33 Å². The van der Waals surface area contributed by atoms with Gasteiger partial charge in [-0.1, -0.05) is 6.07 Å². The zero-order valence-corrected chi connectivity index (χ0v) is 18.8. The van der Waals surface area contributed by atoms with Crippen molar-refractivity contribution in [1.82, 2.24) is 19.9 Å². The Labute approximate surface area is 191 Å². The molecule has 1 fully saturated rings. The third-order valence-electron chi connectivity index (χ3n) is 6.06. The summed E-state index contributed by atoms with van der Waals surface area (Å²) in [5, 5.41) is 4.67. The number of benzene rings is 1. The molecular formula is C23H23F4N5S. The smallest absolute Gasteiger partial charge is 0.367 e. The Morgan fingerprint density at radius 3 is 2.70 bits per heavy atom. The molecule has 0 saturated carbocycles. The van der Waals surface area contributed by atoms with E-state index in [2.05, 4.69) is 25.2 Å². The second-order valence-electron chi connectivity index (χ2n) is 8.58. The largest absolute Gasteiger partial charge is 0.393 e. The molecule has 0 spiro atoms. The number of H-pyrrole nitrogens is 1. The van der Waals surface area contributed by atoms with Crippen LogP contribution in [0.3, 0.4) is 0 Å². The van der Waals surface area contributed by atoms with Gasteiger partial charge < -0.3 is 10.3 Å². The Morgan fingerprint density at radius 1 is 1.15 bits per heavy atom. The minimum Gasteiger partial charge on any atom is -0.367 e. The van der Waals surface area contributed by atoms with Crippen molar-refractivity contribution in [1.29, 1.82) is 0 Å². The van der Waals surface area contributed by atoms with Crippen molar-refractivity contribution >= 4 is 38.3 Å². The summed E-state index contributed by atoms with van der Waals surface area (Å²) in [7, 11) is 0. The molecule has 10 heteroatoms. The number of likely N-dealkylation sites (tertiary alicyclic amines) is 1. The normalized spacial score (nSPS) is 16.2. The number of halogens is 4. The van der Waals surface area contributed by atoms with Crippen molar-refractivity contribution in [2.24, 2.45) is 0 Å².